The van der Waals surface area contributed by atoms with Crippen molar-refractivity contribution in [2.75, 3.05) is 20.2 Å². The van der Waals surface area contributed by atoms with E-state index in [-0.39, 0.29) is 11.6 Å². The predicted molar refractivity (Wildman–Crippen MR) is 105 cm³/mol. The fraction of sp³-hybridized carbons (Fsp3) is 0.429. The Bertz CT molecular complexity index is 875. The normalized spacial score (nSPS) is 19.2. The number of β-amino-alcohol motifs (C(OH)–C–C–N with tert-alkyl or cyclic N) is 1. The van der Waals surface area contributed by atoms with Gasteiger partial charge in [0.05, 0.1) is 13.2 Å². The van der Waals surface area contributed by atoms with E-state index in [9.17, 15) is 14.7 Å². The van der Waals surface area contributed by atoms with E-state index in [1.54, 1.807) is 20.1 Å². The van der Waals surface area contributed by atoms with Crippen LogP contribution in [0, 0.1) is 6.92 Å². The molecule has 7 nitrogen and oxygen atoms in total. The molecule has 1 aliphatic rings. The van der Waals surface area contributed by atoms with Gasteiger partial charge in [-0.3, -0.25) is 4.79 Å². The molecule has 0 spiro atoms. The van der Waals surface area contributed by atoms with Crippen LogP contribution in [0.4, 0.5) is 0 Å². The lowest BCUT2D eigenvalue weighted by atomic mass is 10.0. The maximum absolute atomic E-state index is 12.5. The molecule has 3 N–H and O–H groups in total. The first-order chi connectivity index (χ1) is 13.5. The van der Waals surface area contributed by atoms with Crippen molar-refractivity contribution in [3.8, 4) is 5.75 Å². The number of aliphatic hydroxyl groups excluding tert-OH is 1. The Balaban J connectivity index is 1.66. The third-order valence-corrected chi connectivity index (χ3v) is 4.91. The summed E-state index contributed by atoms with van der Waals surface area (Å²) in [5, 5.41) is 15.5. The van der Waals surface area contributed by atoms with Crippen LogP contribution < -0.4 is 21.0 Å². The average molecular weight is 386 g/mol. The molecule has 1 saturated heterocycles. The quantitative estimate of drug-likeness (QED) is 0.690. The maximum Gasteiger partial charge on any atom is 0.349 e. The van der Waals surface area contributed by atoms with Crippen molar-refractivity contribution in [1.29, 1.82) is 0 Å². The van der Waals surface area contributed by atoms with E-state index < -0.39 is 17.6 Å². The number of aryl methyl sites for hydroxylation is 3. The maximum atomic E-state index is 12.5. The molecule has 7 heteroatoms. The number of carbonyl (C=O) groups is 1. The summed E-state index contributed by atoms with van der Waals surface area (Å²) in [6.07, 6.45) is 1.23. The van der Waals surface area contributed by atoms with E-state index in [0.29, 0.717) is 43.7 Å². The number of aliphatic hydroxyl groups is 1. The average Bonchev–Trinajstić information content (AvgIpc) is 2.66. The number of ether oxygens (including phenoxy) is 1. The molecule has 1 aromatic heterocycles. The summed E-state index contributed by atoms with van der Waals surface area (Å²) < 4.78 is 10.5. The summed E-state index contributed by atoms with van der Waals surface area (Å²) in [6, 6.07) is 9.25. The highest BCUT2D eigenvalue weighted by atomic mass is 16.5. The van der Waals surface area contributed by atoms with Gasteiger partial charge in [0, 0.05) is 25.6 Å². The zero-order chi connectivity index (χ0) is 20.1. The van der Waals surface area contributed by atoms with Crippen molar-refractivity contribution in [2.24, 2.45) is 0 Å². The van der Waals surface area contributed by atoms with Gasteiger partial charge in [0.1, 0.15) is 17.1 Å². The summed E-state index contributed by atoms with van der Waals surface area (Å²) in [4.78, 5) is 24.9. The number of carbonyl (C=O) groups excluding carboxylic acids is 1. The molecule has 1 aliphatic heterocycles. The van der Waals surface area contributed by atoms with Gasteiger partial charge in [0.15, 0.2) is 0 Å². The minimum absolute atomic E-state index is 0.0215. The van der Waals surface area contributed by atoms with Crippen LogP contribution in [-0.4, -0.2) is 43.4 Å². The highest BCUT2D eigenvalue weighted by Crippen LogP contribution is 2.15. The number of benzene rings is 1. The van der Waals surface area contributed by atoms with Crippen LogP contribution in [0.3, 0.4) is 0 Å². The van der Waals surface area contributed by atoms with Crippen molar-refractivity contribution in [1.82, 2.24) is 10.6 Å². The molecule has 1 fully saturated rings. The van der Waals surface area contributed by atoms with Gasteiger partial charge in [-0.25, -0.2) is 4.79 Å². The molecule has 28 heavy (non-hydrogen) atoms. The van der Waals surface area contributed by atoms with Crippen LogP contribution in [0.2, 0.25) is 0 Å². The summed E-state index contributed by atoms with van der Waals surface area (Å²) >= 11 is 0. The first-order valence-corrected chi connectivity index (χ1v) is 9.42. The third-order valence-electron chi connectivity index (χ3n) is 4.91. The molecule has 3 rings (SSSR count). The van der Waals surface area contributed by atoms with E-state index in [1.807, 2.05) is 24.3 Å². The van der Waals surface area contributed by atoms with E-state index >= 15 is 0 Å². The molecular formula is C21H26N2O5. The molecule has 0 aliphatic carbocycles. The summed E-state index contributed by atoms with van der Waals surface area (Å²) in [5.41, 5.74) is 1.08. The van der Waals surface area contributed by atoms with E-state index in [2.05, 4.69) is 10.6 Å². The molecule has 2 heterocycles. The summed E-state index contributed by atoms with van der Waals surface area (Å²) in [5.74, 6) is 0.876. The number of methoxy groups -OCH3 is 1. The van der Waals surface area contributed by atoms with Gasteiger partial charge in [-0.2, -0.15) is 0 Å². The molecule has 0 bridgehead atoms. The number of rotatable bonds is 6. The van der Waals surface area contributed by atoms with Crippen LogP contribution in [0.5, 0.6) is 5.75 Å². The van der Waals surface area contributed by atoms with Gasteiger partial charge in [-0.15, -0.1) is 0 Å². The number of amides is 1. The van der Waals surface area contributed by atoms with Gasteiger partial charge in [0.2, 0.25) is 0 Å². The standard InChI is InChI=1S/C21H26N2O5/c1-13-9-18(8-5-14-3-6-17(27-2)7-4-14)28-21(26)19(13)20(25)23-15-10-16(24)12-22-11-15/h3-4,6-7,9,15-16,22,24H,5,8,10-12H2,1-2H3,(H,23,25)/t15-,16+/m0/s1. The van der Waals surface area contributed by atoms with Gasteiger partial charge in [-0.05, 0) is 49.1 Å². The van der Waals surface area contributed by atoms with Crippen molar-refractivity contribution in [2.45, 2.75) is 38.3 Å². The third kappa shape index (κ3) is 4.99. The Labute approximate surface area is 163 Å². The molecule has 0 saturated carbocycles. The fourth-order valence-electron chi connectivity index (χ4n) is 3.42. The Hall–Kier alpha value is -2.64. The van der Waals surface area contributed by atoms with Crippen LogP contribution in [0.1, 0.15) is 33.7 Å². The van der Waals surface area contributed by atoms with E-state index in [1.165, 1.54) is 0 Å². The van der Waals surface area contributed by atoms with Crippen molar-refractivity contribution >= 4 is 5.91 Å². The smallest absolute Gasteiger partial charge is 0.349 e. The molecule has 1 aromatic carbocycles. The topological polar surface area (TPSA) is 101 Å². The van der Waals surface area contributed by atoms with Crippen LogP contribution in [0.15, 0.2) is 39.5 Å². The highest BCUT2D eigenvalue weighted by Gasteiger charge is 2.24. The number of piperidine rings is 1. The van der Waals surface area contributed by atoms with Crippen LogP contribution >= 0.6 is 0 Å². The lowest BCUT2D eigenvalue weighted by Gasteiger charge is -2.27. The van der Waals surface area contributed by atoms with Crippen LogP contribution in [0.25, 0.3) is 0 Å². The number of hydrogen-bond donors (Lipinski definition) is 3. The Morgan fingerprint density at radius 2 is 2.04 bits per heavy atom. The van der Waals surface area contributed by atoms with Gasteiger partial charge >= 0.3 is 5.63 Å². The molecule has 2 atom stereocenters. The molecular weight excluding hydrogens is 360 g/mol. The fourth-order valence-corrected chi connectivity index (χ4v) is 3.42. The van der Waals surface area contributed by atoms with Gasteiger partial charge in [0.25, 0.3) is 5.91 Å². The highest BCUT2D eigenvalue weighted by molar-refractivity contribution is 5.95. The minimum atomic E-state index is -0.633. The van der Waals surface area contributed by atoms with Crippen molar-refractivity contribution in [3.05, 3.63) is 63.2 Å². The van der Waals surface area contributed by atoms with Gasteiger partial charge < -0.3 is 24.9 Å². The molecule has 1 amide bonds. The molecule has 2 aromatic rings. The SMILES string of the molecule is COc1ccc(CCc2cc(C)c(C(=O)N[C@@H]3CNC[C@H](O)C3)c(=O)o2)cc1. The largest absolute Gasteiger partial charge is 0.497 e. The van der Waals surface area contributed by atoms with Crippen LogP contribution in [-0.2, 0) is 12.8 Å². The number of nitrogens with one attached hydrogen (secondary N) is 2. The number of hydrogen-bond acceptors (Lipinski definition) is 6. The lowest BCUT2D eigenvalue weighted by molar-refractivity contribution is 0.0871. The second-order valence-electron chi connectivity index (χ2n) is 7.12. The lowest BCUT2D eigenvalue weighted by Crippen LogP contribution is -2.51. The molecule has 0 unspecified atom stereocenters. The summed E-state index contributed by atoms with van der Waals surface area (Å²) in [6.45, 7) is 2.81. The Morgan fingerprint density at radius 3 is 2.68 bits per heavy atom. The first kappa shape index (κ1) is 20.1. The first-order valence-electron chi connectivity index (χ1n) is 9.42. The Kier molecular flexibility index (Phi) is 6.49. The molecule has 0 radical (unpaired) electrons. The Morgan fingerprint density at radius 1 is 1.29 bits per heavy atom. The minimum Gasteiger partial charge on any atom is -0.497 e. The zero-order valence-corrected chi connectivity index (χ0v) is 16.2. The van der Waals surface area contributed by atoms with Crippen molar-refractivity contribution < 1.29 is 19.1 Å². The second kappa shape index (κ2) is 9.03. The van der Waals surface area contributed by atoms with Gasteiger partial charge in [-0.1, -0.05) is 12.1 Å². The molecule has 150 valence electrons. The van der Waals surface area contributed by atoms with E-state index in [0.717, 1.165) is 11.3 Å². The zero-order valence-electron chi connectivity index (χ0n) is 16.2. The second-order valence-corrected chi connectivity index (χ2v) is 7.12. The van der Waals surface area contributed by atoms with Crippen molar-refractivity contribution in [3.63, 3.8) is 0 Å². The monoisotopic (exact) mass is 386 g/mol. The summed E-state index contributed by atoms with van der Waals surface area (Å²) in [7, 11) is 1.62. The van der Waals surface area contributed by atoms with E-state index in [4.69, 9.17) is 9.15 Å². The predicted octanol–water partition coefficient (Wildman–Crippen LogP) is 1.19.